The minimum absolute atomic E-state index is 0.556. The second kappa shape index (κ2) is 5.11. The van der Waals surface area contributed by atoms with Gasteiger partial charge in [-0.25, -0.2) is 0 Å². The summed E-state index contributed by atoms with van der Waals surface area (Å²) in [6.45, 7) is 0. The molecule has 1 atom stereocenters. The first-order valence-corrected chi connectivity index (χ1v) is 5.40. The fourth-order valence-corrected chi connectivity index (χ4v) is 1.63. The highest BCUT2D eigenvalue weighted by molar-refractivity contribution is 7.88. The molecule has 72 valence electrons. The molecular formula is C9H14N2OS. The van der Waals surface area contributed by atoms with Crippen molar-refractivity contribution in [2.45, 2.75) is 5.75 Å². The summed E-state index contributed by atoms with van der Waals surface area (Å²) in [4.78, 5) is 0. The van der Waals surface area contributed by atoms with Gasteiger partial charge in [0.1, 0.15) is 0 Å². The second-order valence-corrected chi connectivity index (χ2v) is 4.03. The predicted molar refractivity (Wildman–Crippen MR) is 56.9 cm³/mol. The molecule has 0 aliphatic carbocycles. The lowest BCUT2D eigenvalue weighted by atomic mass is 10.2. The fourth-order valence-electron chi connectivity index (χ4n) is 0.991. The van der Waals surface area contributed by atoms with Crippen molar-refractivity contribution >= 4 is 17.0 Å². The Bertz CT molecular complexity index is 250. The van der Waals surface area contributed by atoms with Gasteiger partial charge in [0.2, 0.25) is 0 Å². The Morgan fingerprint density at radius 2 is 1.85 bits per heavy atom. The monoisotopic (exact) mass is 198 g/mol. The molecule has 0 amide bonds. The maximum atomic E-state index is 11.1. The van der Waals surface area contributed by atoms with Crippen LogP contribution in [0.15, 0.2) is 24.3 Å². The lowest BCUT2D eigenvalue weighted by Gasteiger charge is -2.08. The van der Waals surface area contributed by atoms with E-state index in [0.717, 1.165) is 11.3 Å². The molecule has 1 aromatic carbocycles. The van der Waals surface area contributed by atoms with Crippen molar-refractivity contribution in [2.75, 3.05) is 19.4 Å². The predicted octanol–water partition coefficient (Wildman–Crippen LogP) is 1.11. The highest BCUT2D eigenvalue weighted by atomic mass is 32.2. The van der Waals surface area contributed by atoms with Gasteiger partial charge in [0.25, 0.3) is 0 Å². The van der Waals surface area contributed by atoms with Crippen LogP contribution < -0.4 is 10.0 Å². The maximum Gasteiger partial charge on any atom is 0.150 e. The molecule has 0 aromatic heterocycles. The van der Waals surface area contributed by atoms with E-state index in [4.69, 9.17) is 0 Å². The van der Waals surface area contributed by atoms with Crippen LogP contribution in [-0.2, 0) is 17.1 Å². The number of hydrogen-bond acceptors (Lipinski definition) is 3. The van der Waals surface area contributed by atoms with Gasteiger partial charge in [-0.05, 0) is 12.1 Å². The van der Waals surface area contributed by atoms with Gasteiger partial charge in [-0.3, -0.25) is 0 Å². The van der Waals surface area contributed by atoms with Crippen LogP contribution in [-0.4, -0.2) is 18.6 Å². The van der Waals surface area contributed by atoms with Crippen LogP contribution in [0.1, 0.15) is 5.56 Å². The number of benzene rings is 1. The Morgan fingerprint density at radius 3 is 2.31 bits per heavy atom. The van der Waals surface area contributed by atoms with Crippen LogP contribution in [0.4, 0.5) is 5.69 Å². The van der Waals surface area contributed by atoms with Gasteiger partial charge in [-0.2, -0.15) is 0 Å². The van der Waals surface area contributed by atoms with Crippen LogP contribution in [0.2, 0.25) is 0 Å². The molecule has 13 heavy (non-hydrogen) atoms. The Balaban J connectivity index is 2.58. The summed E-state index contributed by atoms with van der Waals surface area (Å²) < 4.78 is 13.8. The van der Waals surface area contributed by atoms with Crippen molar-refractivity contribution in [3.63, 3.8) is 0 Å². The third-order valence-corrected chi connectivity index (χ3v) is 2.82. The largest absolute Gasteiger partial charge is 0.598 e. The average Bonchev–Trinajstić information content (AvgIpc) is 2.19. The van der Waals surface area contributed by atoms with E-state index in [9.17, 15) is 4.55 Å². The third-order valence-electron chi connectivity index (χ3n) is 1.77. The molecule has 4 heteroatoms. The summed E-state index contributed by atoms with van der Waals surface area (Å²) in [6.07, 6.45) is 0. The van der Waals surface area contributed by atoms with Gasteiger partial charge in [-0.15, -0.1) is 4.72 Å². The highest BCUT2D eigenvalue weighted by Gasteiger charge is 2.03. The number of rotatable bonds is 4. The Hall–Kier alpha value is -0.710. The lowest BCUT2D eigenvalue weighted by Crippen LogP contribution is -2.20. The molecule has 0 spiro atoms. The zero-order chi connectivity index (χ0) is 9.68. The quantitative estimate of drug-likeness (QED) is 0.712. The van der Waals surface area contributed by atoms with Crippen LogP contribution in [0.5, 0.6) is 0 Å². The van der Waals surface area contributed by atoms with Gasteiger partial charge in [-0.1, -0.05) is 12.1 Å². The molecule has 3 nitrogen and oxygen atoms in total. The Kier molecular flexibility index (Phi) is 4.08. The van der Waals surface area contributed by atoms with E-state index in [1.807, 2.05) is 31.3 Å². The normalized spacial score (nSPS) is 12.5. The molecule has 2 N–H and O–H groups in total. The molecule has 0 aliphatic rings. The fraction of sp³-hybridized carbons (Fsp3) is 0.333. The van der Waals surface area contributed by atoms with E-state index < -0.39 is 11.4 Å². The van der Waals surface area contributed by atoms with E-state index in [2.05, 4.69) is 10.0 Å². The molecule has 0 saturated carbocycles. The summed E-state index contributed by atoms with van der Waals surface area (Å²) >= 11 is -0.957. The van der Waals surface area contributed by atoms with Crippen LogP contribution in [0.3, 0.4) is 0 Å². The summed E-state index contributed by atoms with van der Waals surface area (Å²) in [5.74, 6) is 0.556. The molecule has 0 aliphatic heterocycles. The Morgan fingerprint density at radius 1 is 1.23 bits per heavy atom. The van der Waals surface area contributed by atoms with E-state index in [1.54, 1.807) is 7.05 Å². The van der Waals surface area contributed by atoms with Crippen LogP contribution in [0, 0.1) is 0 Å². The SMILES string of the molecule is CNc1ccc(C[S+]([O-])NC)cc1. The summed E-state index contributed by atoms with van der Waals surface area (Å²) in [7, 11) is 3.57. The molecule has 1 rings (SSSR count). The third kappa shape index (κ3) is 3.26. The smallest absolute Gasteiger partial charge is 0.150 e. The summed E-state index contributed by atoms with van der Waals surface area (Å²) in [5.41, 5.74) is 2.14. The van der Waals surface area contributed by atoms with E-state index in [0.29, 0.717) is 5.75 Å². The molecule has 1 aromatic rings. The van der Waals surface area contributed by atoms with Crippen molar-refractivity contribution in [1.29, 1.82) is 0 Å². The van der Waals surface area contributed by atoms with Gasteiger partial charge < -0.3 is 9.87 Å². The highest BCUT2D eigenvalue weighted by Crippen LogP contribution is 2.10. The first-order valence-electron chi connectivity index (χ1n) is 4.08. The van der Waals surface area contributed by atoms with Crippen LogP contribution in [0.25, 0.3) is 0 Å². The maximum absolute atomic E-state index is 11.1. The van der Waals surface area contributed by atoms with Gasteiger partial charge in [0, 0.05) is 36.7 Å². The van der Waals surface area contributed by atoms with Gasteiger partial charge in [0.15, 0.2) is 5.75 Å². The van der Waals surface area contributed by atoms with Crippen molar-refractivity contribution in [3.05, 3.63) is 29.8 Å². The number of hydrogen-bond donors (Lipinski definition) is 2. The zero-order valence-electron chi connectivity index (χ0n) is 7.83. The molecule has 0 heterocycles. The number of anilines is 1. The molecule has 0 radical (unpaired) electrons. The van der Waals surface area contributed by atoms with E-state index >= 15 is 0 Å². The van der Waals surface area contributed by atoms with Crippen LogP contribution >= 0.6 is 0 Å². The Labute approximate surface area is 81.9 Å². The molecule has 0 fully saturated rings. The lowest BCUT2D eigenvalue weighted by molar-refractivity contribution is 0.586. The molecule has 1 unspecified atom stereocenters. The van der Waals surface area contributed by atoms with E-state index in [-0.39, 0.29) is 0 Å². The second-order valence-electron chi connectivity index (χ2n) is 2.64. The average molecular weight is 198 g/mol. The van der Waals surface area contributed by atoms with Gasteiger partial charge in [0.05, 0.1) is 0 Å². The molecule has 0 bridgehead atoms. The summed E-state index contributed by atoms with van der Waals surface area (Å²) in [5, 5.41) is 3.03. The van der Waals surface area contributed by atoms with Crippen molar-refractivity contribution < 1.29 is 4.55 Å². The zero-order valence-corrected chi connectivity index (χ0v) is 8.65. The van der Waals surface area contributed by atoms with Gasteiger partial charge >= 0.3 is 0 Å². The van der Waals surface area contributed by atoms with E-state index in [1.165, 1.54) is 0 Å². The summed E-state index contributed by atoms with van der Waals surface area (Å²) in [6, 6.07) is 7.90. The molecule has 0 saturated heterocycles. The minimum atomic E-state index is -0.957. The molecular weight excluding hydrogens is 184 g/mol. The standard InChI is InChI=1S/C9H14N2OS/c1-10-9-5-3-8(4-6-9)7-13(12)11-2/h3-6,10-11H,7H2,1-2H3. The van der Waals surface area contributed by atoms with Crippen molar-refractivity contribution in [2.24, 2.45) is 0 Å². The van der Waals surface area contributed by atoms with Crippen molar-refractivity contribution in [3.8, 4) is 0 Å². The first kappa shape index (κ1) is 10.4. The first-order chi connectivity index (χ1) is 6.26. The topological polar surface area (TPSA) is 47.1 Å². The van der Waals surface area contributed by atoms with Crippen molar-refractivity contribution in [1.82, 2.24) is 4.72 Å². The number of nitrogens with one attached hydrogen (secondary N) is 2. The minimum Gasteiger partial charge on any atom is -0.598 e.